The summed E-state index contributed by atoms with van der Waals surface area (Å²) in [4.78, 5) is 0. The topological polar surface area (TPSA) is 39.2 Å². The summed E-state index contributed by atoms with van der Waals surface area (Å²) < 4.78 is 6.95. The summed E-state index contributed by atoms with van der Waals surface area (Å²) in [5.74, 6) is 0.923. The van der Waals surface area contributed by atoms with Gasteiger partial charge in [-0.05, 0) is 25.0 Å². The highest BCUT2D eigenvalue weighted by Crippen LogP contribution is 2.34. The monoisotopic (exact) mass is 281 g/mol. The summed E-state index contributed by atoms with van der Waals surface area (Å²) in [7, 11) is 0. The Morgan fingerprint density at radius 1 is 1.38 bits per heavy atom. The van der Waals surface area contributed by atoms with Crippen LogP contribution in [-0.4, -0.2) is 0 Å². The van der Waals surface area contributed by atoms with E-state index < -0.39 is 0 Å². The minimum Gasteiger partial charge on any atom is -0.459 e. The normalized spacial score (nSPS) is 11.2. The average Bonchev–Trinajstić information content (AvgIpc) is 2.64. The second kappa shape index (κ2) is 4.60. The van der Waals surface area contributed by atoms with Crippen molar-refractivity contribution in [3.63, 3.8) is 0 Å². The number of rotatable bonds is 3. The quantitative estimate of drug-likeness (QED) is 0.926. The first kappa shape index (κ1) is 11.7. The minimum absolute atomic E-state index is 0.468. The molecule has 16 heavy (non-hydrogen) atoms. The molecule has 2 aromatic rings. The third-order valence-electron chi connectivity index (χ3n) is 2.85. The first-order valence-electron chi connectivity index (χ1n) is 5.58. The molecule has 0 unspecified atom stereocenters. The van der Waals surface area contributed by atoms with E-state index in [0.29, 0.717) is 6.54 Å². The number of furan rings is 1. The Hall–Kier alpha value is -0.800. The lowest BCUT2D eigenvalue weighted by Gasteiger charge is -2.00. The first-order chi connectivity index (χ1) is 7.69. The van der Waals surface area contributed by atoms with E-state index in [0.717, 1.165) is 34.2 Å². The van der Waals surface area contributed by atoms with Crippen LogP contribution in [0.3, 0.4) is 0 Å². The molecule has 0 bridgehead atoms. The van der Waals surface area contributed by atoms with Crippen molar-refractivity contribution >= 4 is 26.9 Å². The number of hydrogen-bond acceptors (Lipinski definition) is 2. The van der Waals surface area contributed by atoms with Gasteiger partial charge < -0.3 is 10.2 Å². The van der Waals surface area contributed by atoms with E-state index in [4.69, 9.17) is 10.2 Å². The lowest BCUT2D eigenvalue weighted by atomic mass is 10.0. The fourth-order valence-corrected chi connectivity index (χ4v) is 2.63. The molecule has 0 fully saturated rings. The van der Waals surface area contributed by atoms with Gasteiger partial charge in [-0.15, -0.1) is 0 Å². The number of fused-ring (bicyclic) bond motifs is 1. The molecule has 1 aromatic carbocycles. The zero-order chi connectivity index (χ0) is 11.7. The van der Waals surface area contributed by atoms with Gasteiger partial charge in [0.25, 0.3) is 0 Å². The average molecular weight is 282 g/mol. The van der Waals surface area contributed by atoms with Gasteiger partial charge in [0.2, 0.25) is 0 Å². The highest BCUT2D eigenvalue weighted by molar-refractivity contribution is 9.10. The van der Waals surface area contributed by atoms with Crippen molar-refractivity contribution < 1.29 is 4.42 Å². The Labute approximate surface area is 104 Å². The lowest BCUT2D eigenvalue weighted by Crippen LogP contribution is -1.98. The Bertz CT molecular complexity index is 516. The van der Waals surface area contributed by atoms with Gasteiger partial charge in [-0.25, -0.2) is 0 Å². The first-order valence-corrected chi connectivity index (χ1v) is 6.37. The predicted molar refractivity (Wildman–Crippen MR) is 70.5 cm³/mol. The van der Waals surface area contributed by atoms with Gasteiger partial charge in [0.1, 0.15) is 11.3 Å². The molecule has 0 amide bonds. The van der Waals surface area contributed by atoms with Crippen LogP contribution in [0.5, 0.6) is 0 Å². The summed E-state index contributed by atoms with van der Waals surface area (Å²) >= 11 is 3.59. The van der Waals surface area contributed by atoms with E-state index in [2.05, 4.69) is 41.9 Å². The van der Waals surface area contributed by atoms with Crippen molar-refractivity contribution in [3.8, 4) is 0 Å². The third-order valence-corrected chi connectivity index (χ3v) is 3.51. The van der Waals surface area contributed by atoms with E-state index in [-0.39, 0.29) is 0 Å². The standard InChI is InChI=1S/C13H16BrNO/c1-3-4-9-11(7-15)16-13-8(2)5-6-10(14)12(9)13/h5-6H,3-4,7,15H2,1-2H3. The van der Waals surface area contributed by atoms with Gasteiger partial charge in [-0.2, -0.15) is 0 Å². The maximum Gasteiger partial charge on any atom is 0.138 e. The van der Waals surface area contributed by atoms with Gasteiger partial charge in [-0.3, -0.25) is 0 Å². The van der Waals surface area contributed by atoms with Crippen LogP contribution >= 0.6 is 15.9 Å². The zero-order valence-electron chi connectivity index (χ0n) is 9.64. The van der Waals surface area contributed by atoms with Crippen LogP contribution in [0.15, 0.2) is 21.0 Å². The summed E-state index contributed by atoms with van der Waals surface area (Å²) in [5.41, 5.74) is 9.13. The minimum atomic E-state index is 0.468. The summed E-state index contributed by atoms with van der Waals surface area (Å²) in [6.07, 6.45) is 2.11. The molecular formula is C13H16BrNO. The molecule has 0 aliphatic rings. The number of nitrogens with two attached hydrogens (primary N) is 1. The Morgan fingerprint density at radius 3 is 2.75 bits per heavy atom. The largest absolute Gasteiger partial charge is 0.459 e. The highest BCUT2D eigenvalue weighted by atomic mass is 79.9. The molecular weight excluding hydrogens is 266 g/mol. The maximum absolute atomic E-state index is 5.86. The Balaban J connectivity index is 2.78. The second-order valence-corrected chi connectivity index (χ2v) is 4.88. The summed E-state index contributed by atoms with van der Waals surface area (Å²) in [5, 5.41) is 1.20. The van der Waals surface area contributed by atoms with Crippen LogP contribution < -0.4 is 5.73 Å². The predicted octanol–water partition coefficient (Wildman–Crippen LogP) is 3.91. The molecule has 0 saturated heterocycles. The van der Waals surface area contributed by atoms with Crippen LogP contribution in [0, 0.1) is 6.92 Å². The smallest absolute Gasteiger partial charge is 0.138 e. The number of aryl methyl sites for hydroxylation is 2. The van der Waals surface area contributed by atoms with Gasteiger partial charge in [0.05, 0.1) is 6.54 Å². The van der Waals surface area contributed by atoms with E-state index in [1.54, 1.807) is 0 Å². The maximum atomic E-state index is 5.86. The lowest BCUT2D eigenvalue weighted by molar-refractivity contribution is 0.543. The molecule has 0 aliphatic carbocycles. The van der Waals surface area contributed by atoms with Gasteiger partial charge in [0, 0.05) is 15.4 Å². The van der Waals surface area contributed by atoms with Crippen LogP contribution in [0.1, 0.15) is 30.2 Å². The highest BCUT2D eigenvalue weighted by Gasteiger charge is 2.16. The Kier molecular flexibility index (Phi) is 3.36. The fraction of sp³-hybridized carbons (Fsp3) is 0.385. The fourth-order valence-electron chi connectivity index (χ4n) is 2.08. The molecule has 2 rings (SSSR count). The summed E-state index contributed by atoms with van der Waals surface area (Å²) in [6, 6.07) is 4.14. The molecule has 0 saturated carbocycles. The molecule has 0 atom stereocenters. The molecule has 0 radical (unpaired) electrons. The molecule has 1 aromatic heterocycles. The van der Waals surface area contributed by atoms with Crippen molar-refractivity contribution in [1.29, 1.82) is 0 Å². The molecule has 0 spiro atoms. The van der Waals surface area contributed by atoms with Gasteiger partial charge in [0.15, 0.2) is 0 Å². The van der Waals surface area contributed by atoms with Crippen LogP contribution in [0.2, 0.25) is 0 Å². The molecule has 86 valence electrons. The third kappa shape index (κ3) is 1.78. The second-order valence-electron chi connectivity index (χ2n) is 4.03. The molecule has 1 heterocycles. The van der Waals surface area contributed by atoms with Crippen molar-refractivity contribution in [1.82, 2.24) is 0 Å². The van der Waals surface area contributed by atoms with Crippen LogP contribution in [0.4, 0.5) is 0 Å². The van der Waals surface area contributed by atoms with Crippen molar-refractivity contribution in [2.75, 3.05) is 0 Å². The van der Waals surface area contributed by atoms with Crippen LogP contribution in [0.25, 0.3) is 11.0 Å². The van der Waals surface area contributed by atoms with E-state index in [1.807, 2.05) is 0 Å². The van der Waals surface area contributed by atoms with Crippen LogP contribution in [-0.2, 0) is 13.0 Å². The molecule has 0 aliphatic heterocycles. The number of hydrogen-bond donors (Lipinski definition) is 1. The zero-order valence-corrected chi connectivity index (χ0v) is 11.2. The SMILES string of the molecule is CCCc1c(CN)oc2c(C)ccc(Br)c12. The van der Waals surface area contributed by atoms with Gasteiger partial charge in [-0.1, -0.05) is 35.3 Å². The van der Waals surface area contributed by atoms with Crippen molar-refractivity contribution in [2.45, 2.75) is 33.2 Å². The molecule has 2 N–H and O–H groups in total. The number of benzene rings is 1. The molecule has 2 nitrogen and oxygen atoms in total. The van der Waals surface area contributed by atoms with Crippen molar-refractivity contribution in [2.24, 2.45) is 5.73 Å². The van der Waals surface area contributed by atoms with E-state index in [1.165, 1.54) is 10.9 Å². The van der Waals surface area contributed by atoms with Crippen molar-refractivity contribution in [3.05, 3.63) is 33.5 Å². The van der Waals surface area contributed by atoms with E-state index in [9.17, 15) is 0 Å². The van der Waals surface area contributed by atoms with E-state index >= 15 is 0 Å². The van der Waals surface area contributed by atoms with Gasteiger partial charge >= 0.3 is 0 Å². The molecule has 3 heteroatoms. The Morgan fingerprint density at radius 2 is 2.12 bits per heavy atom. The summed E-state index contributed by atoms with van der Waals surface area (Å²) in [6.45, 7) is 4.70. The number of halogens is 1.